The van der Waals surface area contributed by atoms with Gasteiger partial charge in [-0.2, -0.15) is 0 Å². The Morgan fingerprint density at radius 1 is 1.19 bits per heavy atom. The normalized spacial score (nSPS) is 17.1. The molecule has 9 nitrogen and oxygen atoms in total. The van der Waals surface area contributed by atoms with E-state index in [1.165, 1.54) is 34.4 Å². The Labute approximate surface area is 213 Å². The highest BCUT2D eigenvalue weighted by Crippen LogP contribution is 2.45. The smallest absolute Gasteiger partial charge is 0.301 e. The molecule has 0 spiro atoms. The van der Waals surface area contributed by atoms with E-state index in [4.69, 9.17) is 4.74 Å². The van der Waals surface area contributed by atoms with Crippen LogP contribution in [0.25, 0.3) is 16.0 Å². The number of aliphatic hydroxyl groups excluding tert-OH is 1. The van der Waals surface area contributed by atoms with Gasteiger partial charge in [0.2, 0.25) is 0 Å². The number of ketones is 1. The third kappa shape index (κ3) is 4.12. The lowest BCUT2D eigenvalue weighted by atomic mass is 10.00. The van der Waals surface area contributed by atoms with Crippen molar-refractivity contribution in [3.63, 3.8) is 0 Å². The van der Waals surface area contributed by atoms with Crippen LogP contribution in [0.4, 0.5) is 10.8 Å². The highest BCUT2D eigenvalue weighted by molar-refractivity contribution is 7.22. The average molecular weight is 522 g/mol. The Hall–Kier alpha value is -4.09. The lowest BCUT2D eigenvalue weighted by molar-refractivity contribution is -0.384. The Balaban J connectivity index is 1.61. The molecule has 2 aromatic carbocycles. The Bertz CT molecular complexity index is 1510. The molecule has 4 aromatic rings. The van der Waals surface area contributed by atoms with Crippen molar-refractivity contribution in [1.29, 1.82) is 0 Å². The highest BCUT2D eigenvalue weighted by Gasteiger charge is 2.48. The molecule has 1 unspecified atom stereocenters. The van der Waals surface area contributed by atoms with Crippen molar-refractivity contribution >= 4 is 61.2 Å². The summed E-state index contributed by atoms with van der Waals surface area (Å²) >= 11 is 2.41. The summed E-state index contributed by atoms with van der Waals surface area (Å²) in [5.41, 5.74) is 0.698. The zero-order valence-corrected chi connectivity index (χ0v) is 20.5. The van der Waals surface area contributed by atoms with Gasteiger partial charge in [0.25, 0.3) is 11.5 Å². The molecule has 0 saturated carbocycles. The number of rotatable bonds is 7. The van der Waals surface area contributed by atoms with Crippen LogP contribution in [0.2, 0.25) is 0 Å². The van der Waals surface area contributed by atoms with E-state index in [0.29, 0.717) is 33.0 Å². The molecule has 1 fully saturated rings. The maximum absolute atomic E-state index is 13.3. The summed E-state index contributed by atoms with van der Waals surface area (Å²) in [6, 6.07) is 13.6. The average Bonchev–Trinajstić information content (AvgIpc) is 3.61. The SMILES string of the molecule is CCCOc1ccc(/C(O)=C2\C(=O)C(=O)N(c3nc4ccc([N+](=O)[O-])cc4s3)C2c2cccs2)cc1. The molecule has 3 heterocycles. The van der Waals surface area contributed by atoms with Crippen LogP contribution in [0, 0.1) is 10.1 Å². The second-order valence-corrected chi connectivity index (χ2v) is 9.95. The lowest BCUT2D eigenvalue weighted by Crippen LogP contribution is -2.28. The van der Waals surface area contributed by atoms with E-state index in [1.807, 2.05) is 12.3 Å². The highest BCUT2D eigenvalue weighted by atomic mass is 32.1. The lowest BCUT2D eigenvalue weighted by Gasteiger charge is -2.21. The molecule has 182 valence electrons. The number of Topliss-reactive ketones (excluding diaryl/α,β-unsaturated/α-hetero) is 1. The molecular weight excluding hydrogens is 502 g/mol. The number of carbonyl (C=O) groups is 2. The van der Waals surface area contributed by atoms with E-state index in [2.05, 4.69) is 4.98 Å². The summed E-state index contributed by atoms with van der Waals surface area (Å²) in [5, 5.41) is 24.4. The van der Waals surface area contributed by atoms with Crippen molar-refractivity contribution in [1.82, 2.24) is 4.98 Å². The molecule has 1 aliphatic heterocycles. The fourth-order valence-corrected chi connectivity index (χ4v) is 5.80. The van der Waals surface area contributed by atoms with E-state index in [-0.39, 0.29) is 22.2 Å². The Morgan fingerprint density at radius 2 is 1.97 bits per heavy atom. The summed E-state index contributed by atoms with van der Waals surface area (Å²) in [6.07, 6.45) is 0.852. The number of non-ortho nitro benzene ring substituents is 1. The number of amides is 1. The molecule has 2 aromatic heterocycles. The number of nitro groups is 1. The van der Waals surface area contributed by atoms with Gasteiger partial charge in [-0.3, -0.25) is 24.6 Å². The number of carbonyl (C=O) groups excluding carboxylic acids is 2. The summed E-state index contributed by atoms with van der Waals surface area (Å²) < 4.78 is 6.09. The number of aromatic nitrogens is 1. The first-order valence-electron chi connectivity index (χ1n) is 11.0. The first-order chi connectivity index (χ1) is 17.4. The second kappa shape index (κ2) is 9.51. The fourth-order valence-electron chi connectivity index (χ4n) is 3.95. The Kier molecular flexibility index (Phi) is 6.25. The van der Waals surface area contributed by atoms with Crippen LogP contribution in [-0.4, -0.2) is 33.3 Å². The zero-order valence-electron chi connectivity index (χ0n) is 18.9. The predicted molar refractivity (Wildman–Crippen MR) is 138 cm³/mol. The second-order valence-electron chi connectivity index (χ2n) is 7.96. The van der Waals surface area contributed by atoms with Crippen molar-refractivity contribution in [2.24, 2.45) is 0 Å². The number of thiophene rings is 1. The number of aliphatic hydroxyl groups is 1. The van der Waals surface area contributed by atoms with E-state index >= 15 is 0 Å². The molecule has 11 heteroatoms. The zero-order chi connectivity index (χ0) is 25.4. The van der Waals surface area contributed by atoms with Gasteiger partial charge < -0.3 is 9.84 Å². The van der Waals surface area contributed by atoms with E-state index in [9.17, 15) is 24.8 Å². The van der Waals surface area contributed by atoms with Gasteiger partial charge in [0.15, 0.2) is 5.13 Å². The fraction of sp³-hybridized carbons (Fsp3) is 0.160. The van der Waals surface area contributed by atoms with Crippen molar-refractivity contribution in [3.05, 3.63) is 86.1 Å². The monoisotopic (exact) mass is 521 g/mol. The molecule has 1 saturated heterocycles. The van der Waals surface area contributed by atoms with Gasteiger partial charge in [0.1, 0.15) is 17.6 Å². The minimum absolute atomic E-state index is 0.0464. The molecule has 36 heavy (non-hydrogen) atoms. The first-order valence-corrected chi connectivity index (χ1v) is 12.7. The van der Waals surface area contributed by atoms with E-state index in [0.717, 1.165) is 17.8 Å². The van der Waals surface area contributed by atoms with Gasteiger partial charge in [-0.25, -0.2) is 4.98 Å². The van der Waals surface area contributed by atoms with Crippen LogP contribution in [0.3, 0.4) is 0 Å². The third-order valence-electron chi connectivity index (χ3n) is 5.64. The molecule has 0 bridgehead atoms. The van der Waals surface area contributed by atoms with Crippen LogP contribution in [0.1, 0.15) is 29.8 Å². The molecule has 1 atom stereocenters. The van der Waals surface area contributed by atoms with Gasteiger partial charge in [0.05, 0.1) is 27.3 Å². The number of hydrogen-bond acceptors (Lipinski definition) is 9. The van der Waals surface area contributed by atoms with Crippen LogP contribution in [0.5, 0.6) is 5.75 Å². The van der Waals surface area contributed by atoms with Crippen molar-refractivity contribution < 1.29 is 24.4 Å². The number of benzene rings is 2. The predicted octanol–water partition coefficient (Wildman–Crippen LogP) is 5.68. The quantitative estimate of drug-likeness (QED) is 0.109. The molecule has 1 N–H and O–H groups in total. The summed E-state index contributed by atoms with van der Waals surface area (Å²) in [6.45, 7) is 2.55. The summed E-state index contributed by atoms with van der Waals surface area (Å²) in [5.74, 6) is -1.32. The van der Waals surface area contributed by atoms with Gasteiger partial charge in [-0.15, -0.1) is 11.3 Å². The molecule has 1 amide bonds. The van der Waals surface area contributed by atoms with Crippen LogP contribution >= 0.6 is 22.7 Å². The summed E-state index contributed by atoms with van der Waals surface area (Å²) in [7, 11) is 0. The standard InChI is InChI=1S/C25H19N3O6S2/c1-2-11-34-16-8-5-14(6-9-16)22(29)20-21(18-4-3-12-35-18)27(24(31)23(20)30)25-26-17-10-7-15(28(32)33)13-19(17)36-25/h3-10,12-13,21,29H,2,11H2,1H3/b22-20+. The topological polar surface area (TPSA) is 123 Å². The third-order valence-corrected chi connectivity index (χ3v) is 7.58. The Morgan fingerprint density at radius 3 is 2.64 bits per heavy atom. The maximum Gasteiger partial charge on any atom is 0.301 e. The van der Waals surface area contributed by atoms with Crippen molar-refractivity contribution in [2.75, 3.05) is 11.5 Å². The molecule has 1 aliphatic rings. The van der Waals surface area contributed by atoms with Crippen molar-refractivity contribution in [2.45, 2.75) is 19.4 Å². The number of nitrogens with zero attached hydrogens (tertiary/aromatic N) is 3. The van der Waals surface area contributed by atoms with Crippen LogP contribution < -0.4 is 9.64 Å². The number of hydrogen-bond donors (Lipinski definition) is 1. The van der Waals surface area contributed by atoms with Gasteiger partial charge in [-0.1, -0.05) is 24.3 Å². The van der Waals surface area contributed by atoms with Gasteiger partial charge in [0, 0.05) is 22.6 Å². The van der Waals surface area contributed by atoms with Crippen molar-refractivity contribution in [3.8, 4) is 5.75 Å². The van der Waals surface area contributed by atoms with Crippen LogP contribution in [-0.2, 0) is 9.59 Å². The van der Waals surface area contributed by atoms with Crippen LogP contribution in [0.15, 0.2) is 65.6 Å². The first kappa shape index (κ1) is 23.6. The number of anilines is 1. The van der Waals surface area contributed by atoms with E-state index in [1.54, 1.807) is 36.4 Å². The largest absolute Gasteiger partial charge is 0.507 e. The van der Waals surface area contributed by atoms with Gasteiger partial charge in [-0.05, 0) is 48.2 Å². The molecule has 5 rings (SSSR count). The summed E-state index contributed by atoms with van der Waals surface area (Å²) in [4.78, 5) is 43.6. The van der Waals surface area contributed by atoms with E-state index < -0.39 is 22.7 Å². The molecule has 0 aliphatic carbocycles. The number of fused-ring (bicyclic) bond motifs is 1. The number of nitro benzene ring substituents is 1. The van der Waals surface area contributed by atoms with Gasteiger partial charge >= 0.3 is 5.91 Å². The number of thiazole rings is 1. The molecule has 0 radical (unpaired) electrons. The number of ether oxygens (including phenoxy) is 1. The molecular formula is C25H19N3O6S2. The maximum atomic E-state index is 13.3. The minimum atomic E-state index is -0.892. The minimum Gasteiger partial charge on any atom is -0.507 e.